The van der Waals surface area contributed by atoms with Gasteiger partial charge >= 0.3 is 0 Å². The lowest BCUT2D eigenvalue weighted by molar-refractivity contribution is 0.477. The Labute approximate surface area is 125 Å². The average molecular weight is 279 g/mol. The Morgan fingerprint density at radius 3 is 2.62 bits per heavy atom. The molecule has 2 aromatic rings. The van der Waals surface area contributed by atoms with E-state index in [4.69, 9.17) is 4.98 Å². The zero-order valence-corrected chi connectivity index (χ0v) is 12.3. The van der Waals surface area contributed by atoms with Crippen LogP contribution in [0.5, 0.6) is 0 Å². The molecule has 0 amide bonds. The molecule has 2 saturated carbocycles. The van der Waals surface area contributed by atoms with Crippen LogP contribution in [0.4, 0.5) is 5.82 Å². The van der Waals surface area contributed by atoms with Crippen LogP contribution in [0.25, 0.3) is 10.8 Å². The number of rotatable bonds is 3. The Bertz CT molecular complexity index is 670. The standard InChI is InChI=1S/C18H21N3/c1-2-12(1)15-9-17(13-3-4-13)21(11-15)18-16-6-7-19-10-14(16)5-8-20-18/h5-8,10,12-13,15,17H,1-4,9,11H2/t15-,17-/m1/s1. The number of aromatic nitrogens is 2. The molecule has 1 aliphatic heterocycles. The largest absolute Gasteiger partial charge is 0.353 e. The van der Waals surface area contributed by atoms with Gasteiger partial charge in [-0.25, -0.2) is 4.98 Å². The normalized spacial score (nSPS) is 29.2. The maximum atomic E-state index is 4.76. The van der Waals surface area contributed by atoms with Crippen LogP contribution in [0.1, 0.15) is 32.1 Å². The molecule has 21 heavy (non-hydrogen) atoms. The van der Waals surface area contributed by atoms with Crippen molar-refractivity contribution in [3.8, 4) is 0 Å². The predicted molar refractivity (Wildman–Crippen MR) is 84.2 cm³/mol. The molecule has 3 fully saturated rings. The lowest BCUT2D eigenvalue weighted by Gasteiger charge is -2.26. The van der Waals surface area contributed by atoms with Crippen molar-refractivity contribution in [2.24, 2.45) is 17.8 Å². The maximum Gasteiger partial charge on any atom is 0.136 e. The molecular weight excluding hydrogens is 258 g/mol. The molecule has 0 N–H and O–H groups in total. The number of nitrogens with zero attached hydrogens (tertiary/aromatic N) is 3. The molecule has 3 aliphatic rings. The quantitative estimate of drug-likeness (QED) is 0.859. The summed E-state index contributed by atoms with van der Waals surface area (Å²) in [5.41, 5.74) is 0. The van der Waals surface area contributed by atoms with E-state index in [9.17, 15) is 0 Å². The third-order valence-electron chi connectivity index (χ3n) is 5.65. The van der Waals surface area contributed by atoms with Crippen LogP contribution in [-0.2, 0) is 0 Å². The van der Waals surface area contributed by atoms with Crippen LogP contribution in [-0.4, -0.2) is 22.6 Å². The van der Waals surface area contributed by atoms with E-state index in [1.807, 2.05) is 18.6 Å². The SMILES string of the molecule is c1cc2c(N3C[C@H](C4CC4)C[C@@H]3C3CC3)nccc2cn1. The van der Waals surface area contributed by atoms with E-state index in [2.05, 4.69) is 22.0 Å². The van der Waals surface area contributed by atoms with Crippen LogP contribution in [0.15, 0.2) is 30.7 Å². The summed E-state index contributed by atoms with van der Waals surface area (Å²) in [6.07, 6.45) is 13.0. The van der Waals surface area contributed by atoms with Crippen LogP contribution < -0.4 is 4.90 Å². The molecule has 0 bridgehead atoms. The number of anilines is 1. The van der Waals surface area contributed by atoms with Gasteiger partial charge in [-0.15, -0.1) is 0 Å². The van der Waals surface area contributed by atoms with E-state index in [0.717, 1.165) is 23.8 Å². The number of pyridine rings is 2. The molecule has 0 aromatic carbocycles. The highest BCUT2D eigenvalue weighted by molar-refractivity contribution is 5.91. The van der Waals surface area contributed by atoms with Gasteiger partial charge in [-0.2, -0.15) is 0 Å². The Kier molecular flexibility index (Phi) is 2.52. The van der Waals surface area contributed by atoms with Crippen molar-refractivity contribution in [3.05, 3.63) is 30.7 Å². The van der Waals surface area contributed by atoms with Crippen LogP contribution in [0, 0.1) is 17.8 Å². The Morgan fingerprint density at radius 1 is 0.952 bits per heavy atom. The van der Waals surface area contributed by atoms with Crippen molar-refractivity contribution in [2.45, 2.75) is 38.1 Å². The van der Waals surface area contributed by atoms with Crippen LogP contribution in [0.3, 0.4) is 0 Å². The molecule has 2 aromatic heterocycles. The predicted octanol–water partition coefficient (Wildman–Crippen LogP) is 3.64. The summed E-state index contributed by atoms with van der Waals surface area (Å²) in [5.74, 6) is 4.05. The molecule has 0 unspecified atom stereocenters. The summed E-state index contributed by atoms with van der Waals surface area (Å²) in [7, 11) is 0. The lowest BCUT2D eigenvalue weighted by atomic mass is 9.98. The summed E-state index contributed by atoms with van der Waals surface area (Å²) in [5, 5.41) is 2.49. The molecular formula is C18H21N3. The molecule has 3 heterocycles. The zero-order valence-electron chi connectivity index (χ0n) is 12.3. The van der Waals surface area contributed by atoms with Gasteiger partial charge in [-0.1, -0.05) is 0 Å². The van der Waals surface area contributed by atoms with Crippen molar-refractivity contribution in [3.63, 3.8) is 0 Å². The number of fused-ring (bicyclic) bond motifs is 1. The highest BCUT2D eigenvalue weighted by Gasteiger charge is 2.46. The first-order valence-corrected chi connectivity index (χ1v) is 8.35. The van der Waals surface area contributed by atoms with Gasteiger partial charge < -0.3 is 4.90 Å². The summed E-state index contributed by atoms with van der Waals surface area (Å²) < 4.78 is 0. The van der Waals surface area contributed by atoms with Gasteiger partial charge in [0.1, 0.15) is 5.82 Å². The highest BCUT2D eigenvalue weighted by atomic mass is 15.2. The Hall–Kier alpha value is -1.64. The fraction of sp³-hybridized carbons (Fsp3) is 0.556. The van der Waals surface area contributed by atoms with E-state index < -0.39 is 0 Å². The van der Waals surface area contributed by atoms with Crippen LogP contribution >= 0.6 is 0 Å². The minimum atomic E-state index is 0.738. The van der Waals surface area contributed by atoms with E-state index in [1.165, 1.54) is 55.2 Å². The van der Waals surface area contributed by atoms with E-state index >= 15 is 0 Å². The first-order chi connectivity index (χ1) is 10.4. The second-order valence-electron chi connectivity index (χ2n) is 7.12. The van der Waals surface area contributed by atoms with Gasteiger partial charge in [0, 0.05) is 41.9 Å². The molecule has 0 spiro atoms. The molecule has 108 valence electrons. The van der Waals surface area contributed by atoms with Crippen molar-refractivity contribution < 1.29 is 0 Å². The molecule has 2 atom stereocenters. The van der Waals surface area contributed by atoms with Gasteiger partial charge in [0.2, 0.25) is 0 Å². The summed E-state index contributed by atoms with van der Waals surface area (Å²) in [6.45, 7) is 1.22. The molecule has 3 heteroatoms. The van der Waals surface area contributed by atoms with E-state index in [-0.39, 0.29) is 0 Å². The second-order valence-corrected chi connectivity index (χ2v) is 7.12. The van der Waals surface area contributed by atoms with Crippen molar-refractivity contribution in [2.75, 3.05) is 11.4 Å². The minimum Gasteiger partial charge on any atom is -0.353 e. The third kappa shape index (κ3) is 2.02. The smallest absolute Gasteiger partial charge is 0.136 e. The molecule has 0 radical (unpaired) electrons. The molecule has 5 rings (SSSR count). The van der Waals surface area contributed by atoms with Gasteiger partial charge in [-0.3, -0.25) is 4.98 Å². The van der Waals surface area contributed by atoms with Gasteiger partial charge in [0.25, 0.3) is 0 Å². The Morgan fingerprint density at radius 2 is 1.81 bits per heavy atom. The lowest BCUT2D eigenvalue weighted by Crippen LogP contribution is -2.32. The zero-order chi connectivity index (χ0) is 13.8. The van der Waals surface area contributed by atoms with Crippen LogP contribution in [0.2, 0.25) is 0 Å². The fourth-order valence-electron chi connectivity index (χ4n) is 4.21. The van der Waals surface area contributed by atoms with Crippen molar-refractivity contribution in [1.82, 2.24) is 9.97 Å². The number of hydrogen-bond acceptors (Lipinski definition) is 3. The first kappa shape index (κ1) is 12.0. The van der Waals surface area contributed by atoms with Gasteiger partial charge in [0.05, 0.1) is 0 Å². The van der Waals surface area contributed by atoms with Crippen molar-refractivity contribution in [1.29, 1.82) is 0 Å². The van der Waals surface area contributed by atoms with Gasteiger partial charge in [0.15, 0.2) is 0 Å². The minimum absolute atomic E-state index is 0.738. The van der Waals surface area contributed by atoms with E-state index in [1.54, 1.807) is 0 Å². The summed E-state index contributed by atoms with van der Waals surface area (Å²) in [4.78, 5) is 11.7. The number of hydrogen-bond donors (Lipinski definition) is 0. The maximum absolute atomic E-state index is 4.76. The molecule has 1 saturated heterocycles. The molecule has 2 aliphatic carbocycles. The monoisotopic (exact) mass is 279 g/mol. The van der Waals surface area contributed by atoms with E-state index in [0.29, 0.717) is 0 Å². The summed E-state index contributed by atoms with van der Waals surface area (Å²) >= 11 is 0. The highest BCUT2D eigenvalue weighted by Crippen LogP contribution is 2.50. The average Bonchev–Trinajstić information content (AvgIpc) is 3.45. The second kappa shape index (κ2) is 4.43. The first-order valence-electron chi connectivity index (χ1n) is 8.35. The topological polar surface area (TPSA) is 29.0 Å². The fourth-order valence-corrected chi connectivity index (χ4v) is 4.21. The summed E-state index contributed by atoms with van der Waals surface area (Å²) in [6, 6.07) is 4.94. The molecule has 3 nitrogen and oxygen atoms in total. The Balaban J connectivity index is 1.56. The van der Waals surface area contributed by atoms with Crippen molar-refractivity contribution >= 4 is 16.6 Å². The third-order valence-corrected chi connectivity index (χ3v) is 5.65. The van der Waals surface area contributed by atoms with Gasteiger partial charge in [-0.05, 0) is 62.0 Å².